The normalized spacial score (nSPS) is 10.4. The molecule has 3 N–H and O–H groups in total. The first kappa shape index (κ1) is 10.2. The van der Waals surface area contributed by atoms with Crippen LogP contribution in [0, 0.1) is 5.82 Å². The summed E-state index contributed by atoms with van der Waals surface area (Å²) in [6.07, 6.45) is 2.93. The number of nitrogens with one attached hydrogen (secondary N) is 1. The third-order valence-corrected chi connectivity index (χ3v) is 1.59. The van der Waals surface area contributed by atoms with Crippen molar-refractivity contribution in [2.45, 2.75) is 6.92 Å². The molecule has 0 aliphatic heterocycles. The highest BCUT2D eigenvalue weighted by molar-refractivity contribution is 6.01. The quantitative estimate of drug-likeness (QED) is 0.558. The highest BCUT2D eigenvalue weighted by atomic mass is 19.1. The molecule has 0 aliphatic rings. The van der Waals surface area contributed by atoms with Crippen LogP contribution in [0.1, 0.15) is 6.92 Å². The number of amides is 1. The number of carbonyl (C=O) groups excluding carboxylic acids is 1. The molecule has 74 valence electrons. The Morgan fingerprint density at radius 1 is 1.57 bits per heavy atom. The molecule has 14 heavy (non-hydrogen) atoms. The van der Waals surface area contributed by atoms with Crippen LogP contribution < -0.4 is 11.1 Å². The van der Waals surface area contributed by atoms with Gasteiger partial charge < -0.3 is 11.1 Å². The monoisotopic (exact) mass is 194 g/mol. The molecule has 1 aromatic carbocycles. The van der Waals surface area contributed by atoms with Crippen LogP contribution in [0.2, 0.25) is 0 Å². The van der Waals surface area contributed by atoms with E-state index in [1.54, 1.807) is 13.0 Å². The van der Waals surface area contributed by atoms with Gasteiger partial charge in [-0.05, 0) is 31.2 Å². The van der Waals surface area contributed by atoms with E-state index in [9.17, 15) is 9.18 Å². The van der Waals surface area contributed by atoms with Crippen LogP contribution in [0.3, 0.4) is 0 Å². The molecule has 0 bridgehead atoms. The average molecular weight is 194 g/mol. The van der Waals surface area contributed by atoms with Crippen LogP contribution in [0.15, 0.2) is 30.4 Å². The van der Waals surface area contributed by atoms with E-state index in [0.717, 1.165) is 0 Å². The second-order valence-electron chi connectivity index (χ2n) is 2.72. The van der Waals surface area contributed by atoms with Crippen molar-refractivity contribution in [3.05, 3.63) is 36.2 Å². The van der Waals surface area contributed by atoms with Gasteiger partial charge in [-0.3, -0.25) is 4.79 Å². The van der Waals surface area contributed by atoms with Crippen LogP contribution >= 0.6 is 0 Å². The number of hydrogen-bond donors (Lipinski definition) is 2. The van der Waals surface area contributed by atoms with Gasteiger partial charge in [0, 0.05) is 0 Å². The molecule has 0 atom stereocenters. The average Bonchev–Trinajstić information content (AvgIpc) is 2.12. The maximum Gasteiger partial charge on any atom is 0.248 e. The van der Waals surface area contributed by atoms with E-state index < -0.39 is 5.82 Å². The molecule has 0 unspecified atom stereocenters. The summed E-state index contributed by atoms with van der Waals surface area (Å²) in [5.41, 5.74) is 6.15. The molecule has 1 rings (SSSR count). The summed E-state index contributed by atoms with van der Waals surface area (Å²) in [6, 6.07) is 3.82. The van der Waals surface area contributed by atoms with Crippen molar-refractivity contribution in [3.63, 3.8) is 0 Å². The van der Waals surface area contributed by atoms with Gasteiger partial charge in [0.2, 0.25) is 5.91 Å². The molecule has 4 heteroatoms. The molecule has 0 aliphatic carbocycles. The van der Waals surface area contributed by atoms with Gasteiger partial charge in [0.1, 0.15) is 5.82 Å². The van der Waals surface area contributed by atoms with Crippen LogP contribution in [-0.4, -0.2) is 5.91 Å². The molecule has 0 radical (unpaired) electrons. The van der Waals surface area contributed by atoms with E-state index in [0.29, 0.717) is 5.69 Å². The van der Waals surface area contributed by atoms with Gasteiger partial charge in [-0.1, -0.05) is 6.08 Å². The summed E-state index contributed by atoms with van der Waals surface area (Å²) >= 11 is 0. The Morgan fingerprint density at radius 3 is 2.93 bits per heavy atom. The first-order valence-electron chi connectivity index (χ1n) is 4.12. The van der Waals surface area contributed by atoms with Crippen molar-refractivity contribution >= 4 is 17.3 Å². The fraction of sp³-hybridized carbons (Fsp3) is 0.100. The molecular formula is C10H11FN2O. The standard InChI is InChI=1S/C10H11FN2O/c1-2-3-10(14)13-9-6-7(11)4-5-8(9)12/h2-6H,12H2,1H3,(H,13,14). The molecular weight excluding hydrogens is 183 g/mol. The van der Waals surface area contributed by atoms with Crippen LogP contribution in [0.5, 0.6) is 0 Å². The second-order valence-corrected chi connectivity index (χ2v) is 2.72. The van der Waals surface area contributed by atoms with Gasteiger partial charge in [0.25, 0.3) is 0 Å². The Labute approximate surface area is 81.4 Å². The zero-order chi connectivity index (χ0) is 10.6. The highest BCUT2D eigenvalue weighted by Gasteiger charge is 2.02. The summed E-state index contributed by atoms with van der Waals surface area (Å²) in [4.78, 5) is 11.1. The number of rotatable bonds is 2. The number of halogens is 1. The lowest BCUT2D eigenvalue weighted by Crippen LogP contribution is -2.09. The molecule has 0 spiro atoms. The van der Waals surface area contributed by atoms with Crippen molar-refractivity contribution in [1.29, 1.82) is 0 Å². The fourth-order valence-corrected chi connectivity index (χ4v) is 0.963. The molecule has 1 aromatic rings. The molecule has 0 saturated carbocycles. The largest absolute Gasteiger partial charge is 0.397 e. The minimum atomic E-state index is -0.435. The van der Waals surface area contributed by atoms with Crippen molar-refractivity contribution < 1.29 is 9.18 Å². The van der Waals surface area contributed by atoms with Gasteiger partial charge in [-0.25, -0.2) is 4.39 Å². The Bertz CT molecular complexity index is 374. The molecule has 1 amide bonds. The first-order valence-corrected chi connectivity index (χ1v) is 4.12. The molecule has 0 saturated heterocycles. The van der Waals surface area contributed by atoms with Gasteiger partial charge in [-0.15, -0.1) is 0 Å². The molecule has 3 nitrogen and oxygen atoms in total. The van der Waals surface area contributed by atoms with E-state index in [-0.39, 0.29) is 11.6 Å². The summed E-state index contributed by atoms with van der Waals surface area (Å²) in [6.45, 7) is 1.72. The smallest absolute Gasteiger partial charge is 0.248 e. The van der Waals surface area contributed by atoms with Gasteiger partial charge in [0.15, 0.2) is 0 Å². The minimum Gasteiger partial charge on any atom is -0.397 e. The summed E-state index contributed by atoms with van der Waals surface area (Å²) in [7, 11) is 0. The van der Waals surface area contributed by atoms with E-state index in [1.165, 1.54) is 24.3 Å². The van der Waals surface area contributed by atoms with E-state index in [2.05, 4.69) is 5.32 Å². The molecule has 0 heterocycles. The Morgan fingerprint density at radius 2 is 2.29 bits per heavy atom. The van der Waals surface area contributed by atoms with Crippen molar-refractivity contribution in [2.75, 3.05) is 11.1 Å². The third kappa shape index (κ3) is 2.58. The maximum atomic E-state index is 12.8. The summed E-state index contributed by atoms with van der Waals surface area (Å²) in [5.74, 6) is -0.764. The fourth-order valence-electron chi connectivity index (χ4n) is 0.963. The first-order chi connectivity index (χ1) is 6.63. The lowest BCUT2D eigenvalue weighted by Gasteiger charge is -2.05. The number of allylic oxidation sites excluding steroid dienone is 1. The summed E-state index contributed by atoms with van der Waals surface area (Å²) < 4.78 is 12.8. The van der Waals surface area contributed by atoms with E-state index >= 15 is 0 Å². The number of anilines is 2. The van der Waals surface area contributed by atoms with Crippen LogP contribution in [0.4, 0.5) is 15.8 Å². The Hall–Kier alpha value is -1.84. The van der Waals surface area contributed by atoms with Crippen LogP contribution in [0.25, 0.3) is 0 Å². The number of nitrogens with two attached hydrogens (primary N) is 1. The van der Waals surface area contributed by atoms with Crippen molar-refractivity contribution in [3.8, 4) is 0 Å². The zero-order valence-corrected chi connectivity index (χ0v) is 7.75. The Kier molecular flexibility index (Phi) is 3.23. The number of hydrogen-bond acceptors (Lipinski definition) is 2. The maximum absolute atomic E-state index is 12.8. The number of nitrogen functional groups attached to an aromatic ring is 1. The SMILES string of the molecule is CC=CC(=O)Nc1cc(F)ccc1N. The van der Waals surface area contributed by atoms with Gasteiger partial charge in [0.05, 0.1) is 11.4 Å². The van der Waals surface area contributed by atoms with E-state index in [4.69, 9.17) is 5.73 Å². The summed E-state index contributed by atoms with van der Waals surface area (Å²) in [5, 5.41) is 2.46. The van der Waals surface area contributed by atoms with Gasteiger partial charge in [-0.2, -0.15) is 0 Å². The minimum absolute atomic E-state index is 0.285. The highest BCUT2D eigenvalue weighted by Crippen LogP contribution is 2.18. The van der Waals surface area contributed by atoms with Crippen LogP contribution in [-0.2, 0) is 4.79 Å². The second kappa shape index (κ2) is 4.41. The number of carbonyl (C=O) groups is 1. The van der Waals surface area contributed by atoms with Gasteiger partial charge >= 0.3 is 0 Å². The lowest BCUT2D eigenvalue weighted by molar-refractivity contribution is -0.111. The molecule has 0 aromatic heterocycles. The Balaban J connectivity index is 2.85. The van der Waals surface area contributed by atoms with Crippen molar-refractivity contribution in [1.82, 2.24) is 0 Å². The number of benzene rings is 1. The van der Waals surface area contributed by atoms with Crippen molar-refractivity contribution in [2.24, 2.45) is 0 Å². The zero-order valence-electron chi connectivity index (χ0n) is 7.75. The molecule has 0 fully saturated rings. The third-order valence-electron chi connectivity index (χ3n) is 1.59. The van der Waals surface area contributed by atoms with E-state index in [1.807, 2.05) is 0 Å². The predicted molar refractivity (Wildman–Crippen MR) is 54.3 cm³/mol. The predicted octanol–water partition coefficient (Wildman–Crippen LogP) is 1.92. The topological polar surface area (TPSA) is 55.1 Å². The lowest BCUT2D eigenvalue weighted by atomic mass is 10.2.